The van der Waals surface area contributed by atoms with Crippen molar-refractivity contribution in [3.63, 3.8) is 0 Å². The lowest BCUT2D eigenvalue weighted by Crippen LogP contribution is -2.45. The Morgan fingerprint density at radius 3 is 2.67 bits per heavy atom. The van der Waals surface area contributed by atoms with Crippen molar-refractivity contribution in [3.05, 3.63) is 29.8 Å². The van der Waals surface area contributed by atoms with Crippen LogP contribution in [0.4, 0.5) is 10.5 Å². The van der Waals surface area contributed by atoms with Crippen LogP contribution in [-0.4, -0.2) is 18.0 Å². The number of carbonyl (C=O) groups is 2. The summed E-state index contributed by atoms with van der Waals surface area (Å²) in [5.74, 6) is 2.62. The zero-order chi connectivity index (χ0) is 18.8. The van der Waals surface area contributed by atoms with Crippen molar-refractivity contribution >= 4 is 17.6 Å². The number of urea groups is 1. The highest BCUT2D eigenvalue weighted by atomic mass is 16.2. The van der Waals surface area contributed by atoms with Crippen molar-refractivity contribution in [1.29, 1.82) is 0 Å². The third kappa shape index (κ3) is 4.28. The van der Waals surface area contributed by atoms with Gasteiger partial charge in [-0.15, -0.1) is 0 Å². The molecule has 1 aromatic rings. The lowest BCUT2D eigenvalue weighted by Gasteiger charge is -2.28. The molecule has 0 spiro atoms. The van der Waals surface area contributed by atoms with Crippen LogP contribution in [0.25, 0.3) is 0 Å². The normalized spacial score (nSPS) is 27.7. The molecular formula is C22H31N3O2. The van der Waals surface area contributed by atoms with Crippen LogP contribution >= 0.6 is 0 Å². The first kappa shape index (κ1) is 18.3. The van der Waals surface area contributed by atoms with E-state index in [4.69, 9.17) is 0 Å². The second kappa shape index (κ2) is 7.91. The maximum Gasteiger partial charge on any atom is 0.315 e. The molecule has 27 heavy (non-hydrogen) atoms. The predicted octanol–water partition coefficient (Wildman–Crippen LogP) is 4.05. The highest BCUT2D eigenvalue weighted by Gasteiger charge is 2.42. The van der Waals surface area contributed by atoms with Crippen LogP contribution in [0.1, 0.15) is 57.4 Å². The van der Waals surface area contributed by atoms with Gasteiger partial charge in [-0.05, 0) is 74.5 Å². The minimum atomic E-state index is -0.103. The Morgan fingerprint density at radius 2 is 2.00 bits per heavy atom. The molecule has 2 bridgehead atoms. The van der Waals surface area contributed by atoms with Crippen LogP contribution in [0.5, 0.6) is 0 Å². The molecule has 0 heterocycles. The minimum Gasteiger partial charge on any atom is -0.335 e. The summed E-state index contributed by atoms with van der Waals surface area (Å²) in [5, 5.41) is 9.08. The molecule has 3 amide bonds. The minimum absolute atomic E-state index is 0.103. The SMILES string of the molecule is C[C@@H](NC(=O)NCc1cccc(NC(=O)C2CCC2)c1)[C@H]1C[C@H]2CC[C@H]1C2. The first-order chi connectivity index (χ1) is 13.1. The molecule has 4 rings (SSSR count). The lowest BCUT2D eigenvalue weighted by atomic mass is 9.84. The Hall–Kier alpha value is -2.04. The van der Waals surface area contributed by atoms with Gasteiger partial charge >= 0.3 is 6.03 Å². The highest BCUT2D eigenvalue weighted by molar-refractivity contribution is 5.93. The molecular weight excluding hydrogens is 338 g/mol. The summed E-state index contributed by atoms with van der Waals surface area (Å²) in [4.78, 5) is 24.4. The number of anilines is 1. The van der Waals surface area contributed by atoms with Gasteiger partial charge in [-0.25, -0.2) is 4.79 Å². The van der Waals surface area contributed by atoms with Crippen molar-refractivity contribution in [3.8, 4) is 0 Å². The molecule has 4 atom stereocenters. The first-order valence-corrected chi connectivity index (χ1v) is 10.5. The van der Waals surface area contributed by atoms with Gasteiger partial charge in [0.2, 0.25) is 5.91 Å². The van der Waals surface area contributed by atoms with Crippen LogP contribution in [0, 0.1) is 23.7 Å². The van der Waals surface area contributed by atoms with Crippen molar-refractivity contribution in [2.75, 3.05) is 5.32 Å². The average molecular weight is 370 g/mol. The molecule has 3 N–H and O–H groups in total. The second-order valence-electron chi connectivity index (χ2n) is 8.77. The third-order valence-corrected chi connectivity index (χ3v) is 6.92. The molecule has 0 radical (unpaired) electrons. The number of fused-ring (bicyclic) bond motifs is 2. The number of carbonyl (C=O) groups excluding carboxylic acids is 2. The van der Waals surface area contributed by atoms with Crippen LogP contribution in [0.15, 0.2) is 24.3 Å². The van der Waals surface area contributed by atoms with E-state index in [9.17, 15) is 9.59 Å². The predicted molar refractivity (Wildman–Crippen MR) is 106 cm³/mol. The van der Waals surface area contributed by atoms with Crippen LogP contribution in [0.2, 0.25) is 0 Å². The Labute approximate surface area is 161 Å². The summed E-state index contributed by atoms with van der Waals surface area (Å²) in [6.07, 6.45) is 8.49. The largest absolute Gasteiger partial charge is 0.335 e. The van der Waals surface area contributed by atoms with Gasteiger partial charge in [0.25, 0.3) is 0 Å². The standard InChI is InChI=1S/C22H31N3O2/c1-14(20-12-15-8-9-18(20)10-15)24-22(27)23-13-16-4-2-7-19(11-16)25-21(26)17-5-3-6-17/h2,4,7,11,14-15,17-18,20H,3,5-6,8-10,12-13H2,1H3,(H,25,26)(H2,23,24,27)/t14-,15+,18+,20-/m1/s1. The van der Waals surface area contributed by atoms with Gasteiger partial charge in [-0.2, -0.15) is 0 Å². The van der Waals surface area contributed by atoms with Crippen molar-refractivity contribution < 1.29 is 9.59 Å². The zero-order valence-corrected chi connectivity index (χ0v) is 16.2. The van der Waals surface area contributed by atoms with Gasteiger partial charge < -0.3 is 16.0 Å². The summed E-state index contributed by atoms with van der Waals surface area (Å²) < 4.78 is 0. The van der Waals surface area contributed by atoms with Gasteiger partial charge in [0.05, 0.1) is 0 Å². The summed E-state index contributed by atoms with van der Waals surface area (Å²) in [7, 11) is 0. The molecule has 3 aliphatic rings. The monoisotopic (exact) mass is 369 g/mol. The number of amides is 3. The smallest absolute Gasteiger partial charge is 0.315 e. The van der Waals surface area contributed by atoms with Crippen molar-refractivity contribution in [1.82, 2.24) is 10.6 Å². The molecule has 3 aliphatic carbocycles. The average Bonchev–Trinajstić information content (AvgIpc) is 3.22. The highest BCUT2D eigenvalue weighted by Crippen LogP contribution is 2.49. The van der Waals surface area contributed by atoms with Crippen molar-refractivity contribution in [2.24, 2.45) is 23.7 Å². The van der Waals surface area contributed by atoms with E-state index < -0.39 is 0 Å². The summed E-state index contributed by atoms with van der Waals surface area (Å²) in [5.41, 5.74) is 1.80. The molecule has 0 aromatic heterocycles. The number of hydrogen-bond donors (Lipinski definition) is 3. The Balaban J connectivity index is 1.23. The van der Waals surface area contributed by atoms with Gasteiger partial charge in [0.1, 0.15) is 0 Å². The number of nitrogens with one attached hydrogen (secondary N) is 3. The molecule has 146 valence electrons. The van der Waals surface area contributed by atoms with E-state index in [0.29, 0.717) is 12.5 Å². The van der Waals surface area contributed by atoms with E-state index in [1.165, 1.54) is 25.7 Å². The molecule has 0 unspecified atom stereocenters. The Kier molecular flexibility index (Phi) is 5.37. The fraction of sp³-hybridized carbons (Fsp3) is 0.636. The van der Waals surface area contributed by atoms with Crippen LogP contribution < -0.4 is 16.0 Å². The fourth-order valence-corrected chi connectivity index (χ4v) is 5.13. The summed E-state index contributed by atoms with van der Waals surface area (Å²) >= 11 is 0. The van der Waals surface area contributed by atoms with Gasteiger partial charge in [-0.1, -0.05) is 25.0 Å². The Morgan fingerprint density at radius 1 is 1.15 bits per heavy atom. The molecule has 5 nitrogen and oxygen atoms in total. The number of benzene rings is 1. The summed E-state index contributed by atoms with van der Waals surface area (Å²) in [6.45, 7) is 2.60. The van der Waals surface area contributed by atoms with E-state index in [2.05, 4.69) is 22.9 Å². The maximum absolute atomic E-state index is 12.3. The van der Waals surface area contributed by atoms with Crippen molar-refractivity contribution in [2.45, 2.75) is 64.5 Å². The summed E-state index contributed by atoms with van der Waals surface area (Å²) in [6, 6.07) is 7.86. The van der Waals surface area contributed by atoms with E-state index in [1.807, 2.05) is 24.3 Å². The molecule has 3 saturated carbocycles. The maximum atomic E-state index is 12.3. The first-order valence-electron chi connectivity index (χ1n) is 10.5. The molecule has 5 heteroatoms. The van der Waals surface area contributed by atoms with E-state index in [-0.39, 0.29) is 23.9 Å². The molecule has 0 aliphatic heterocycles. The van der Waals surface area contributed by atoms with Crippen LogP contribution in [0.3, 0.4) is 0 Å². The molecule has 0 saturated heterocycles. The lowest BCUT2D eigenvalue weighted by molar-refractivity contribution is -0.122. The number of rotatable bonds is 6. The van der Waals surface area contributed by atoms with E-state index >= 15 is 0 Å². The van der Waals surface area contributed by atoms with Gasteiger partial charge in [0.15, 0.2) is 0 Å². The topological polar surface area (TPSA) is 70.2 Å². The third-order valence-electron chi connectivity index (χ3n) is 6.92. The van der Waals surface area contributed by atoms with E-state index in [1.54, 1.807) is 0 Å². The van der Waals surface area contributed by atoms with Crippen LogP contribution in [-0.2, 0) is 11.3 Å². The zero-order valence-electron chi connectivity index (χ0n) is 16.2. The Bertz CT molecular complexity index is 701. The second-order valence-corrected chi connectivity index (χ2v) is 8.77. The molecule has 3 fully saturated rings. The van der Waals surface area contributed by atoms with Gasteiger partial charge in [0, 0.05) is 24.2 Å². The quantitative estimate of drug-likeness (QED) is 0.708. The van der Waals surface area contributed by atoms with E-state index in [0.717, 1.165) is 42.3 Å². The number of hydrogen-bond acceptors (Lipinski definition) is 2. The molecule has 1 aromatic carbocycles. The van der Waals surface area contributed by atoms with Gasteiger partial charge in [-0.3, -0.25) is 4.79 Å². The fourth-order valence-electron chi connectivity index (χ4n) is 5.13.